The van der Waals surface area contributed by atoms with Gasteiger partial charge in [0.2, 0.25) is 5.91 Å². The summed E-state index contributed by atoms with van der Waals surface area (Å²) in [5.41, 5.74) is 0.240. The lowest BCUT2D eigenvalue weighted by Crippen LogP contribution is -2.38. The number of carbonyl (C=O) groups excluding carboxylic acids is 2. The molecule has 8 nitrogen and oxygen atoms in total. The van der Waals surface area contributed by atoms with Crippen LogP contribution in [0, 0.1) is 10.1 Å². The Hall–Kier alpha value is -2.19. The number of nitrogens with one attached hydrogen (secondary N) is 3. The monoisotopic (exact) mass is 344 g/mol. The van der Waals surface area contributed by atoms with Gasteiger partial charge >= 0.3 is 0 Å². The van der Waals surface area contributed by atoms with Crippen LogP contribution in [0.3, 0.4) is 0 Å². The highest BCUT2D eigenvalue weighted by atomic mass is 35.5. The molecule has 0 fully saturated rings. The lowest BCUT2D eigenvalue weighted by molar-refractivity contribution is -0.384. The van der Waals surface area contributed by atoms with Gasteiger partial charge in [0.05, 0.1) is 4.92 Å². The van der Waals surface area contributed by atoms with Gasteiger partial charge in [-0.3, -0.25) is 19.7 Å². The summed E-state index contributed by atoms with van der Waals surface area (Å²) in [6.45, 7) is 2.66. The molecule has 1 aromatic rings. The number of nitro groups is 1. The number of hydrogen-bond donors (Lipinski definition) is 3. The third-order valence-corrected chi connectivity index (χ3v) is 3.08. The Labute approximate surface area is 140 Å². The standard InChI is InChI=1S/C14H20N4O4.ClH/c1-10(15-2)9-17-13(19)7-8-16-14(20)11-3-5-12(6-4-11)18(21)22;/h3-6,10,15H,7-9H2,1-2H3,(H,16,20)(H,17,19);1H. The molecular formula is C14H21ClN4O4. The van der Waals surface area contributed by atoms with Crippen LogP contribution >= 0.6 is 12.4 Å². The summed E-state index contributed by atoms with van der Waals surface area (Å²) < 4.78 is 0. The minimum atomic E-state index is -0.530. The summed E-state index contributed by atoms with van der Waals surface area (Å²) in [6.07, 6.45) is 0.176. The van der Waals surface area contributed by atoms with Gasteiger partial charge in [0.25, 0.3) is 11.6 Å². The molecule has 2 amide bonds. The van der Waals surface area contributed by atoms with Crippen molar-refractivity contribution in [2.45, 2.75) is 19.4 Å². The van der Waals surface area contributed by atoms with Crippen molar-refractivity contribution in [2.75, 3.05) is 20.1 Å². The Kier molecular flexibility index (Phi) is 9.52. The molecule has 0 saturated heterocycles. The fourth-order valence-corrected chi connectivity index (χ4v) is 1.58. The number of non-ortho nitro benzene ring substituents is 1. The zero-order valence-electron chi connectivity index (χ0n) is 13.0. The van der Waals surface area contributed by atoms with E-state index in [1.54, 1.807) is 7.05 Å². The van der Waals surface area contributed by atoms with Crippen molar-refractivity contribution in [2.24, 2.45) is 0 Å². The Morgan fingerprint density at radius 1 is 1.22 bits per heavy atom. The number of benzene rings is 1. The van der Waals surface area contributed by atoms with Gasteiger partial charge in [-0.25, -0.2) is 0 Å². The largest absolute Gasteiger partial charge is 0.354 e. The summed E-state index contributed by atoms with van der Waals surface area (Å²) in [5, 5.41) is 18.8. The van der Waals surface area contributed by atoms with E-state index < -0.39 is 4.92 Å². The maximum Gasteiger partial charge on any atom is 0.269 e. The first-order chi connectivity index (χ1) is 10.4. The van der Waals surface area contributed by atoms with Crippen molar-refractivity contribution in [3.05, 3.63) is 39.9 Å². The van der Waals surface area contributed by atoms with Crippen LogP contribution in [0.4, 0.5) is 5.69 Å². The molecule has 1 rings (SSSR count). The minimum absolute atomic E-state index is 0. The minimum Gasteiger partial charge on any atom is -0.354 e. The lowest BCUT2D eigenvalue weighted by Gasteiger charge is -2.11. The number of likely N-dealkylation sites (N-methyl/N-ethyl adjacent to an activating group) is 1. The molecule has 1 aromatic carbocycles. The zero-order valence-corrected chi connectivity index (χ0v) is 13.8. The van der Waals surface area contributed by atoms with Crippen LogP contribution in [0.1, 0.15) is 23.7 Å². The van der Waals surface area contributed by atoms with Gasteiger partial charge in [0.15, 0.2) is 0 Å². The first-order valence-corrected chi connectivity index (χ1v) is 6.90. The van der Waals surface area contributed by atoms with Crippen LogP contribution in [0.25, 0.3) is 0 Å². The van der Waals surface area contributed by atoms with E-state index in [0.717, 1.165) is 0 Å². The molecule has 23 heavy (non-hydrogen) atoms. The van der Waals surface area contributed by atoms with E-state index in [2.05, 4.69) is 16.0 Å². The van der Waals surface area contributed by atoms with E-state index in [1.165, 1.54) is 24.3 Å². The summed E-state index contributed by atoms with van der Waals surface area (Å²) >= 11 is 0. The summed E-state index contributed by atoms with van der Waals surface area (Å²) in [6, 6.07) is 5.46. The fourth-order valence-electron chi connectivity index (χ4n) is 1.58. The van der Waals surface area contributed by atoms with E-state index in [-0.39, 0.29) is 48.9 Å². The van der Waals surface area contributed by atoms with Gasteiger partial charge in [0, 0.05) is 43.2 Å². The lowest BCUT2D eigenvalue weighted by atomic mass is 10.2. The van der Waals surface area contributed by atoms with Gasteiger partial charge in [-0.1, -0.05) is 0 Å². The van der Waals surface area contributed by atoms with Crippen LogP contribution in [0.5, 0.6) is 0 Å². The van der Waals surface area contributed by atoms with Gasteiger partial charge in [-0.15, -0.1) is 12.4 Å². The number of rotatable bonds is 8. The Morgan fingerprint density at radius 2 is 1.83 bits per heavy atom. The third-order valence-electron chi connectivity index (χ3n) is 3.08. The van der Waals surface area contributed by atoms with Crippen molar-refractivity contribution in [1.82, 2.24) is 16.0 Å². The number of carbonyl (C=O) groups is 2. The van der Waals surface area contributed by atoms with Gasteiger partial charge in [-0.2, -0.15) is 0 Å². The van der Waals surface area contributed by atoms with Crippen LogP contribution in [0.15, 0.2) is 24.3 Å². The number of nitro benzene ring substituents is 1. The Morgan fingerprint density at radius 3 is 2.35 bits per heavy atom. The summed E-state index contributed by atoms with van der Waals surface area (Å²) in [5.74, 6) is -0.516. The maximum atomic E-state index is 11.8. The molecule has 0 saturated carbocycles. The molecule has 0 radical (unpaired) electrons. The maximum absolute atomic E-state index is 11.8. The smallest absolute Gasteiger partial charge is 0.269 e. The average molecular weight is 345 g/mol. The van der Waals surface area contributed by atoms with Crippen molar-refractivity contribution in [3.63, 3.8) is 0 Å². The molecule has 3 N–H and O–H groups in total. The second-order valence-electron chi connectivity index (χ2n) is 4.80. The first kappa shape index (κ1) is 20.8. The molecular weight excluding hydrogens is 324 g/mol. The molecule has 0 aliphatic carbocycles. The predicted molar refractivity (Wildman–Crippen MR) is 88.8 cm³/mol. The van der Waals surface area contributed by atoms with Gasteiger partial charge in [-0.05, 0) is 26.1 Å². The molecule has 0 aliphatic rings. The molecule has 0 aliphatic heterocycles. The van der Waals surface area contributed by atoms with E-state index in [9.17, 15) is 19.7 Å². The number of nitrogens with zero attached hydrogens (tertiary/aromatic N) is 1. The Bertz CT molecular complexity index is 536. The summed E-state index contributed by atoms with van der Waals surface area (Å²) in [7, 11) is 1.81. The van der Waals surface area contributed by atoms with E-state index in [0.29, 0.717) is 12.1 Å². The molecule has 1 unspecified atom stereocenters. The van der Waals surface area contributed by atoms with E-state index >= 15 is 0 Å². The van der Waals surface area contributed by atoms with Crippen LogP contribution in [-0.2, 0) is 4.79 Å². The molecule has 0 heterocycles. The summed E-state index contributed by atoms with van der Waals surface area (Å²) in [4.78, 5) is 33.3. The molecule has 0 bridgehead atoms. The van der Waals surface area contributed by atoms with Crippen molar-refractivity contribution < 1.29 is 14.5 Å². The van der Waals surface area contributed by atoms with Crippen LogP contribution in [0.2, 0.25) is 0 Å². The third kappa shape index (κ3) is 7.57. The topological polar surface area (TPSA) is 113 Å². The van der Waals surface area contributed by atoms with E-state index in [1.807, 2.05) is 6.92 Å². The highest BCUT2D eigenvalue weighted by Crippen LogP contribution is 2.11. The molecule has 128 valence electrons. The number of halogens is 1. The van der Waals surface area contributed by atoms with E-state index in [4.69, 9.17) is 0 Å². The van der Waals surface area contributed by atoms with Crippen LogP contribution in [-0.4, -0.2) is 42.9 Å². The van der Waals surface area contributed by atoms with Gasteiger partial charge < -0.3 is 16.0 Å². The highest BCUT2D eigenvalue weighted by molar-refractivity contribution is 5.94. The van der Waals surface area contributed by atoms with Crippen molar-refractivity contribution >= 4 is 29.9 Å². The molecule has 9 heteroatoms. The number of hydrogen-bond acceptors (Lipinski definition) is 5. The molecule has 0 aromatic heterocycles. The normalized spacial score (nSPS) is 11.0. The second-order valence-corrected chi connectivity index (χ2v) is 4.80. The molecule has 1 atom stereocenters. The quantitative estimate of drug-likeness (QED) is 0.478. The molecule has 0 spiro atoms. The SMILES string of the molecule is CNC(C)CNC(=O)CCNC(=O)c1ccc([N+](=O)[O-])cc1.Cl. The van der Waals surface area contributed by atoms with Crippen molar-refractivity contribution in [3.8, 4) is 0 Å². The van der Waals surface area contributed by atoms with Gasteiger partial charge in [0.1, 0.15) is 0 Å². The highest BCUT2D eigenvalue weighted by Gasteiger charge is 2.10. The zero-order chi connectivity index (χ0) is 16.5. The van der Waals surface area contributed by atoms with Crippen molar-refractivity contribution in [1.29, 1.82) is 0 Å². The second kappa shape index (κ2) is 10.5. The number of amides is 2. The Balaban J connectivity index is 0.00000484. The fraction of sp³-hybridized carbons (Fsp3) is 0.429. The van der Waals surface area contributed by atoms with Crippen LogP contribution < -0.4 is 16.0 Å². The first-order valence-electron chi connectivity index (χ1n) is 6.90. The average Bonchev–Trinajstić information content (AvgIpc) is 2.52. The predicted octanol–water partition coefficient (Wildman–Crippen LogP) is 0.861.